The molecule has 0 amide bonds. The van der Waals surface area contributed by atoms with E-state index < -0.39 is 0 Å². The van der Waals surface area contributed by atoms with E-state index in [1.54, 1.807) is 6.33 Å². The molecule has 8 rings (SSSR count). The minimum atomic E-state index is -0.155. The number of pyridine rings is 1. The van der Waals surface area contributed by atoms with E-state index in [1.807, 2.05) is 16.2 Å². The molecule has 0 unspecified atom stereocenters. The average Bonchev–Trinajstić information content (AvgIpc) is 3.22. The lowest BCUT2D eigenvalue weighted by Crippen LogP contribution is -2.43. The highest BCUT2D eigenvalue weighted by atomic mass is 16.1. The summed E-state index contributed by atoms with van der Waals surface area (Å²) in [6.45, 7) is 5.36. The van der Waals surface area contributed by atoms with E-state index in [4.69, 9.17) is 0 Å². The van der Waals surface area contributed by atoms with Crippen molar-refractivity contribution in [1.29, 1.82) is 0 Å². The van der Waals surface area contributed by atoms with Crippen LogP contribution in [0.2, 0.25) is 0 Å². The molecular formula is C30H35N7O. The van der Waals surface area contributed by atoms with Gasteiger partial charge < -0.3 is 14.9 Å². The molecule has 2 atom stereocenters. The van der Waals surface area contributed by atoms with Crippen molar-refractivity contribution in [1.82, 2.24) is 34.5 Å². The highest BCUT2D eigenvalue weighted by molar-refractivity contribution is 5.84. The van der Waals surface area contributed by atoms with Crippen molar-refractivity contribution in [3.8, 4) is 5.69 Å². The molecule has 5 heterocycles. The summed E-state index contributed by atoms with van der Waals surface area (Å²) in [6.07, 6.45) is 9.63. The molecule has 8 heteroatoms. The van der Waals surface area contributed by atoms with E-state index in [2.05, 4.69) is 68.9 Å². The molecule has 196 valence electrons. The van der Waals surface area contributed by atoms with Crippen molar-refractivity contribution in [2.24, 2.45) is 13.0 Å². The number of nitrogens with zero attached hydrogens (tertiary/aromatic N) is 5. The van der Waals surface area contributed by atoms with Crippen molar-refractivity contribution in [2.45, 2.75) is 69.0 Å². The van der Waals surface area contributed by atoms with Crippen molar-refractivity contribution in [2.75, 3.05) is 13.1 Å². The minimum absolute atomic E-state index is 0.0343. The van der Waals surface area contributed by atoms with Crippen molar-refractivity contribution in [3.05, 3.63) is 75.9 Å². The fourth-order valence-corrected chi connectivity index (χ4v) is 7.70. The second-order valence-electron chi connectivity index (χ2n) is 12.5. The van der Waals surface area contributed by atoms with Gasteiger partial charge in [0.25, 0.3) is 5.56 Å². The predicted molar refractivity (Wildman–Crippen MR) is 147 cm³/mol. The van der Waals surface area contributed by atoms with Gasteiger partial charge in [-0.25, -0.2) is 0 Å². The van der Waals surface area contributed by atoms with Gasteiger partial charge >= 0.3 is 0 Å². The van der Waals surface area contributed by atoms with Crippen LogP contribution in [0.1, 0.15) is 67.6 Å². The molecule has 2 bridgehead atoms. The Morgan fingerprint density at radius 2 is 2.05 bits per heavy atom. The number of aromatic amines is 1. The Balaban J connectivity index is 1.21. The third-order valence-electron chi connectivity index (χ3n) is 9.66. The van der Waals surface area contributed by atoms with Crippen molar-refractivity contribution >= 4 is 10.9 Å². The van der Waals surface area contributed by atoms with Crippen LogP contribution in [0.3, 0.4) is 0 Å². The number of hydrogen-bond acceptors (Lipinski definition) is 5. The van der Waals surface area contributed by atoms with E-state index in [1.165, 1.54) is 30.4 Å². The molecular weight excluding hydrogens is 474 g/mol. The van der Waals surface area contributed by atoms with E-state index in [9.17, 15) is 4.79 Å². The first-order chi connectivity index (χ1) is 18.5. The number of rotatable bonds is 6. The van der Waals surface area contributed by atoms with E-state index in [0.29, 0.717) is 23.9 Å². The summed E-state index contributed by atoms with van der Waals surface area (Å²) in [7, 11) is 2.02. The van der Waals surface area contributed by atoms with Gasteiger partial charge in [-0.2, -0.15) is 0 Å². The highest BCUT2D eigenvalue weighted by Crippen LogP contribution is 2.51. The summed E-state index contributed by atoms with van der Waals surface area (Å²) < 4.78 is 3.93. The Bertz CT molecular complexity index is 1600. The van der Waals surface area contributed by atoms with Crippen LogP contribution >= 0.6 is 0 Å². The number of aryl methyl sites for hydroxylation is 1. The van der Waals surface area contributed by atoms with Gasteiger partial charge in [0.05, 0.1) is 5.41 Å². The SMILES string of the molecule is CC1CC(c2cccc(-n3cc(C4CC4)c4cc(CN5C[C@@H]6C[C@H]5CN6)[nH]c4c3=O)c2)(c2nncn2C)C1. The summed E-state index contributed by atoms with van der Waals surface area (Å²) in [5.41, 5.74) is 5.23. The first-order valence-corrected chi connectivity index (χ1v) is 14.2. The average molecular weight is 510 g/mol. The fraction of sp³-hybridized carbons (Fsp3) is 0.500. The zero-order chi connectivity index (χ0) is 25.6. The monoisotopic (exact) mass is 509 g/mol. The van der Waals surface area contributed by atoms with Gasteiger partial charge in [-0.3, -0.25) is 14.3 Å². The lowest BCUT2D eigenvalue weighted by atomic mass is 9.58. The van der Waals surface area contributed by atoms with Gasteiger partial charge in [-0.15, -0.1) is 10.2 Å². The maximum atomic E-state index is 14.0. The highest BCUT2D eigenvalue weighted by Gasteiger charge is 2.48. The van der Waals surface area contributed by atoms with Gasteiger partial charge in [0.15, 0.2) is 0 Å². The van der Waals surface area contributed by atoms with Crippen LogP contribution in [0.5, 0.6) is 0 Å². The molecule has 4 fully saturated rings. The van der Waals surface area contributed by atoms with Crippen molar-refractivity contribution in [3.63, 3.8) is 0 Å². The summed E-state index contributed by atoms with van der Waals surface area (Å²) >= 11 is 0. The predicted octanol–water partition coefficient (Wildman–Crippen LogP) is 3.59. The summed E-state index contributed by atoms with van der Waals surface area (Å²) in [6, 6.07) is 12.1. The minimum Gasteiger partial charge on any atom is -0.353 e. The summed E-state index contributed by atoms with van der Waals surface area (Å²) in [5.74, 6) is 2.18. The first kappa shape index (κ1) is 22.7. The van der Waals surface area contributed by atoms with Crippen LogP contribution in [0.15, 0.2) is 47.7 Å². The number of H-pyrrole nitrogens is 1. The molecule has 3 aromatic heterocycles. The Labute approximate surface area is 222 Å². The molecule has 0 spiro atoms. The largest absolute Gasteiger partial charge is 0.353 e. The van der Waals surface area contributed by atoms with Crippen LogP contribution < -0.4 is 10.9 Å². The van der Waals surface area contributed by atoms with Crippen LogP contribution in [0.4, 0.5) is 0 Å². The van der Waals surface area contributed by atoms with Gasteiger partial charge in [0, 0.05) is 61.7 Å². The summed E-state index contributed by atoms with van der Waals surface area (Å²) in [5, 5.41) is 13.4. The van der Waals surface area contributed by atoms with Crippen LogP contribution in [0.25, 0.3) is 16.6 Å². The molecule has 0 radical (unpaired) electrons. The third-order valence-corrected chi connectivity index (χ3v) is 9.66. The maximum Gasteiger partial charge on any atom is 0.279 e. The number of nitrogens with one attached hydrogen (secondary N) is 2. The molecule has 38 heavy (non-hydrogen) atoms. The van der Waals surface area contributed by atoms with Gasteiger partial charge in [-0.1, -0.05) is 19.1 Å². The molecule has 2 N–H and O–H groups in total. The first-order valence-electron chi connectivity index (χ1n) is 14.2. The van der Waals surface area contributed by atoms with Crippen LogP contribution in [0, 0.1) is 5.92 Å². The number of benzene rings is 1. The lowest BCUT2D eigenvalue weighted by Gasteiger charge is -2.46. The summed E-state index contributed by atoms with van der Waals surface area (Å²) in [4.78, 5) is 20.1. The number of hydrogen-bond donors (Lipinski definition) is 2. The van der Waals surface area contributed by atoms with Crippen LogP contribution in [-0.4, -0.2) is 54.4 Å². The molecule has 4 aliphatic rings. The zero-order valence-corrected chi connectivity index (χ0v) is 22.2. The number of piperazine rings is 1. The van der Waals surface area contributed by atoms with Gasteiger partial charge in [-0.05, 0) is 73.3 Å². The van der Waals surface area contributed by atoms with Gasteiger partial charge in [0.2, 0.25) is 0 Å². The molecule has 1 aromatic carbocycles. The lowest BCUT2D eigenvalue weighted by molar-refractivity contribution is 0.185. The smallest absolute Gasteiger partial charge is 0.279 e. The number of likely N-dealkylation sites (tertiary alicyclic amines) is 1. The maximum absolute atomic E-state index is 14.0. The molecule has 2 aliphatic carbocycles. The normalized spacial score (nSPS) is 28.8. The molecule has 2 saturated carbocycles. The molecule has 4 aromatic rings. The molecule has 8 nitrogen and oxygen atoms in total. The molecule has 2 aliphatic heterocycles. The van der Waals surface area contributed by atoms with Crippen LogP contribution in [-0.2, 0) is 19.0 Å². The fourth-order valence-electron chi connectivity index (χ4n) is 7.70. The number of aromatic nitrogens is 5. The Hall–Kier alpha value is -3.23. The quantitative estimate of drug-likeness (QED) is 0.415. The Morgan fingerprint density at radius 3 is 2.74 bits per heavy atom. The topological polar surface area (TPSA) is 83.8 Å². The zero-order valence-electron chi connectivity index (χ0n) is 22.2. The van der Waals surface area contributed by atoms with E-state index >= 15 is 0 Å². The molecule has 2 saturated heterocycles. The van der Waals surface area contributed by atoms with E-state index in [0.717, 1.165) is 60.6 Å². The Kier molecular flexibility index (Phi) is 4.86. The Morgan fingerprint density at radius 1 is 1.18 bits per heavy atom. The number of fused-ring (bicyclic) bond motifs is 3. The standard InChI is InChI=1S/C30H35N7O/c1-18-11-30(12-18,29-34-32-17-35(29)2)20-4-3-5-23(8-20)37-16-26(19-6-7-19)25-10-22(33-27(25)28(37)38)15-36-14-21-9-24(36)13-31-21/h3-5,8,10,16-19,21,24,31,33H,6-7,9,11-15H2,1-2H3/t18?,21-,24-,30?/m0/s1. The van der Waals surface area contributed by atoms with Gasteiger partial charge in [0.1, 0.15) is 17.7 Å². The second kappa shape index (κ2) is 8.13. The van der Waals surface area contributed by atoms with E-state index in [-0.39, 0.29) is 11.0 Å². The van der Waals surface area contributed by atoms with Crippen molar-refractivity contribution < 1.29 is 0 Å². The third kappa shape index (κ3) is 3.39. The second-order valence-corrected chi connectivity index (χ2v) is 12.5.